The number of hydrogen-bond acceptors (Lipinski definition) is 2. The van der Waals surface area contributed by atoms with Gasteiger partial charge < -0.3 is 0 Å². The van der Waals surface area contributed by atoms with E-state index in [2.05, 4.69) is 114 Å². The lowest BCUT2D eigenvalue weighted by Crippen LogP contribution is -2.38. The minimum atomic E-state index is -1.28. The maximum absolute atomic E-state index is 2.63. The van der Waals surface area contributed by atoms with Crippen LogP contribution in [0.1, 0.15) is 22.9 Å². The smallest absolute Gasteiger partial charge is 0.0892 e. The van der Waals surface area contributed by atoms with Gasteiger partial charge in [0.2, 0.25) is 0 Å². The average Bonchev–Trinajstić information content (AvgIpc) is 3.11. The van der Waals surface area contributed by atoms with Crippen molar-refractivity contribution in [3.05, 3.63) is 102 Å². The molecule has 0 spiro atoms. The van der Waals surface area contributed by atoms with Gasteiger partial charge >= 0.3 is 0 Å². The van der Waals surface area contributed by atoms with Crippen molar-refractivity contribution in [3.8, 4) is 0 Å². The Morgan fingerprint density at radius 1 is 0.655 bits per heavy atom. The Morgan fingerprint density at radius 2 is 1.10 bits per heavy atom. The number of nitrogens with zero attached hydrogens (tertiary/aromatic N) is 2. The van der Waals surface area contributed by atoms with E-state index in [0.29, 0.717) is 6.17 Å². The molecule has 0 aliphatic carbocycles. The molecule has 2 nitrogen and oxygen atoms in total. The molecule has 0 atom stereocenters. The number of benzene rings is 3. The Hall–Kier alpha value is -2.20. The van der Waals surface area contributed by atoms with Crippen molar-refractivity contribution in [2.45, 2.75) is 38.9 Å². The van der Waals surface area contributed by atoms with Crippen LogP contribution in [0.4, 0.5) is 0 Å². The van der Waals surface area contributed by atoms with Crippen molar-refractivity contribution in [1.29, 1.82) is 0 Å². The van der Waals surface area contributed by atoms with Crippen molar-refractivity contribution in [3.63, 3.8) is 0 Å². The predicted molar refractivity (Wildman–Crippen MR) is 126 cm³/mol. The first-order valence-corrected chi connectivity index (χ1v) is 14.2. The van der Waals surface area contributed by atoms with Crippen LogP contribution in [0.25, 0.3) is 0 Å². The third-order valence-electron chi connectivity index (χ3n) is 5.90. The summed E-state index contributed by atoms with van der Waals surface area (Å²) < 4.78 is 0. The van der Waals surface area contributed by atoms with Gasteiger partial charge in [-0.2, -0.15) is 0 Å². The van der Waals surface area contributed by atoms with E-state index in [1.165, 1.54) is 21.9 Å². The first kappa shape index (κ1) is 20.1. The highest BCUT2D eigenvalue weighted by Gasteiger charge is 2.33. The summed E-state index contributed by atoms with van der Waals surface area (Å²) in [6, 6.07) is 31.2. The quantitative estimate of drug-likeness (QED) is 0.522. The number of hydrogen-bond donors (Lipinski definition) is 0. The third-order valence-corrected chi connectivity index (χ3v) is 7.96. The summed E-state index contributed by atoms with van der Waals surface area (Å²) in [6.07, 6.45) is 0.325. The molecule has 4 rings (SSSR count). The maximum Gasteiger partial charge on any atom is 0.0892 e. The summed E-state index contributed by atoms with van der Waals surface area (Å²) >= 11 is 0. The summed E-state index contributed by atoms with van der Waals surface area (Å²) in [4.78, 5) is 5.25. The summed E-state index contributed by atoms with van der Waals surface area (Å²) in [5, 5.41) is 1.53. The SMILES string of the molecule is C[Si](C)(C)c1ccc(C2N(Cc3ccccc3)CCN2Cc2ccccc2)cc1. The fourth-order valence-corrected chi connectivity index (χ4v) is 5.44. The Balaban J connectivity index is 1.61. The highest BCUT2D eigenvalue weighted by Crippen LogP contribution is 2.32. The second kappa shape index (κ2) is 8.66. The van der Waals surface area contributed by atoms with Gasteiger partial charge in [-0.25, -0.2) is 0 Å². The highest BCUT2D eigenvalue weighted by molar-refractivity contribution is 6.88. The summed E-state index contributed by atoms with van der Waals surface area (Å²) in [5.74, 6) is 0. The van der Waals surface area contributed by atoms with Crippen LogP contribution in [0.5, 0.6) is 0 Å². The van der Waals surface area contributed by atoms with E-state index in [9.17, 15) is 0 Å². The second-order valence-corrected chi connectivity index (χ2v) is 14.2. The topological polar surface area (TPSA) is 6.48 Å². The molecular formula is C26H32N2Si. The van der Waals surface area contributed by atoms with Crippen LogP contribution in [-0.4, -0.2) is 31.0 Å². The van der Waals surface area contributed by atoms with Crippen LogP contribution in [0.2, 0.25) is 19.6 Å². The molecular weight excluding hydrogens is 368 g/mol. The zero-order chi connectivity index (χ0) is 20.3. The van der Waals surface area contributed by atoms with Gasteiger partial charge in [0, 0.05) is 26.2 Å². The molecule has 3 aromatic carbocycles. The van der Waals surface area contributed by atoms with Crippen molar-refractivity contribution in [1.82, 2.24) is 9.80 Å². The van der Waals surface area contributed by atoms with Gasteiger partial charge in [-0.3, -0.25) is 9.80 Å². The Bertz CT molecular complexity index is 851. The lowest BCUT2D eigenvalue weighted by Gasteiger charge is -2.31. The van der Waals surface area contributed by atoms with Gasteiger partial charge in [-0.1, -0.05) is 110 Å². The zero-order valence-electron chi connectivity index (χ0n) is 17.9. The fourth-order valence-electron chi connectivity index (χ4n) is 4.28. The standard InChI is InChI=1S/C26H32N2Si/c1-29(2,3)25-16-14-24(15-17-25)26-27(20-22-10-6-4-7-11-22)18-19-28(26)21-23-12-8-5-9-13-23/h4-17,26H,18-21H2,1-3H3. The Morgan fingerprint density at radius 3 is 1.52 bits per heavy atom. The zero-order valence-corrected chi connectivity index (χ0v) is 18.9. The van der Waals surface area contributed by atoms with Crippen LogP contribution in [0, 0.1) is 0 Å². The molecule has 1 saturated heterocycles. The van der Waals surface area contributed by atoms with Crippen LogP contribution < -0.4 is 5.19 Å². The monoisotopic (exact) mass is 400 g/mol. The molecule has 0 saturated carbocycles. The van der Waals surface area contributed by atoms with Gasteiger partial charge in [-0.05, 0) is 16.7 Å². The molecule has 3 heteroatoms. The van der Waals surface area contributed by atoms with Crippen molar-refractivity contribution < 1.29 is 0 Å². The van der Waals surface area contributed by atoms with Crippen molar-refractivity contribution in [2.75, 3.05) is 13.1 Å². The molecule has 0 aromatic heterocycles. The van der Waals surface area contributed by atoms with Crippen LogP contribution >= 0.6 is 0 Å². The molecule has 0 N–H and O–H groups in total. The van der Waals surface area contributed by atoms with E-state index in [0.717, 1.165) is 26.2 Å². The van der Waals surface area contributed by atoms with E-state index in [1.54, 1.807) is 0 Å². The summed E-state index contributed by atoms with van der Waals surface area (Å²) in [7, 11) is -1.28. The van der Waals surface area contributed by atoms with Gasteiger partial charge in [0.25, 0.3) is 0 Å². The minimum absolute atomic E-state index is 0.325. The average molecular weight is 401 g/mol. The Kier molecular flexibility index (Phi) is 6.00. The van der Waals surface area contributed by atoms with Gasteiger partial charge in [0.05, 0.1) is 14.2 Å². The molecule has 29 heavy (non-hydrogen) atoms. The van der Waals surface area contributed by atoms with Crippen LogP contribution in [-0.2, 0) is 13.1 Å². The first-order chi connectivity index (χ1) is 14.0. The van der Waals surface area contributed by atoms with E-state index in [1.807, 2.05) is 0 Å². The maximum atomic E-state index is 2.63. The lowest BCUT2D eigenvalue weighted by atomic mass is 10.1. The van der Waals surface area contributed by atoms with E-state index >= 15 is 0 Å². The molecule has 3 aromatic rings. The first-order valence-electron chi connectivity index (χ1n) is 10.7. The Labute approximate surface area is 176 Å². The molecule has 0 amide bonds. The molecule has 1 fully saturated rings. The molecule has 1 aliphatic heterocycles. The molecule has 0 unspecified atom stereocenters. The normalized spacial score (nSPS) is 16.4. The minimum Gasteiger partial charge on any atom is -0.279 e. The predicted octanol–water partition coefficient (Wildman–Crippen LogP) is 5.25. The van der Waals surface area contributed by atoms with Gasteiger partial charge in [-0.15, -0.1) is 0 Å². The van der Waals surface area contributed by atoms with Gasteiger partial charge in [0.15, 0.2) is 0 Å². The van der Waals surface area contributed by atoms with Crippen LogP contribution in [0.15, 0.2) is 84.9 Å². The molecule has 0 radical (unpaired) electrons. The molecule has 1 heterocycles. The lowest BCUT2D eigenvalue weighted by molar-refractivity contribution is 0.126. The second-order valence-electron chi connectivity index (χ2n) is 9.16. The van der Waals surface area contributed by atoms with Crippen molar-refractivity contribution in [2.24, 2.45) is 0 Å². The van der Waals surface area contributed by atoms with E-state index < -0.39 is 8.07 Å². The summed E-state index contributed by atoms with van der Waals surface area (Å²) in [5.41, 5.74) is 4.19. The largest absolute Gasteiger partial charge is 0.279 e. The van der Waals surface area contributed by atoms with Crippen molar-refractivity contribution >= 4 is 13.3 Å². The summed E-state index contributed by atoms with van der Waals surface area (Å²) in [6.45, 7) is 11.4. The molecule has 1 aliphatic rings. The molecule has 150 valence electrons. The van der Waals surface area contributed by atoms with E-state index in [-0.39, 0.29) is 0 Å². The third kappa shape index (κ3) is 4.87. The fraction of sp³-hybridized carbons (Fsp3) is 0.308. The highest BCUT2D eigenvalue weighted by atomic mass is 28.3. The van der Waals surface area contributed by atoms with E-state index in [4.69, 9.17) is 0 Å². The van der Waals surface area contributed by atoms with Gasteiger partial charge in [0.1, 0.15) is 0 Å². The molecule has 0 bridgehead atoms. The van der Waals surface area contributed by atoms with Crippen LogP contribution in [0.3, 0.4) is 0 Å². The number of rotatable bonds is 6.